The highest BCUT2D eigenvalue weighted by Gasteiger charge is 2.07. The van der Waals surface area contributed by atoms with Gasteiger partial charge in [-0.15, -0.1) is 0 Å². The number of hydrogen-bond donors (Lipinski definition) is 2. The highest BCUT2D eigenvalue weighted by Crippen LogP contribution is 2.07. The average Bonchev–Trinajstić information content (AvgIpc) is 2.92. The van der Waals surface area contributed by atoms with E-state index in [1.54, 1.807) is 13.0 Å². The number of aliphatic hydroxyl groups excluding tert-OH is 1. The number of benzene rings is 1. The second kappa shape index (κ2) is 7.32. The van der Waals surface area contributed by atoms with Crippen molar-refractivity contribution in [2.45, 2.75) is 19.9 Å². The van der Waals surface area contributed by atoms with Gasteiger partial charge in [0.1, 0.15) is 12.0 Å². The lowest BCUT2D eigenvalue weighted by molar-refractivity contribution is 0.0950. The number of aryl methyl sites for hydroxylation is 1. The molecule has 0 aliphatic heterocycles. The fraction of sp³-hybridized carbons (Fsp3) is 0.235. The summed E-state index contributed by atoms with van der Waals surface area (Å²) in [4.78, 5) is 11.9. The maximum absolute atomic E-state index is 11.9. The lowest BCUT2D eigenvalue weighted by Gasteiger charge is -2.04. The largest absolute Gasteiger partial charge is 0.469 e. The summed E-state index contributed by atoms with van der Waals surface area (Å²) in [6.45, 7) is 2.29. The molecule has 4 nitrogen and oxygen atoms in total. The molecule has 0 unspecified atom stereocenters. The first-order valence-corrected chi connectivity index (χ1v) is 6.71. The predicted molar refractivity (Wildman–Crippen MR) is 79.6 cm³/mol. The summed E-state index contributed by atoms with van der Waals surface area (Å²) >= 11 is 0. The van der Waals surface area contributed by atoms with Gasteiger partial charge in [0.2, 0.25) is 0 Å². The van der Waals surface area contributed by atoms with Crippen LogP contribution in [0.1, 0.15) is 33.7 Å². The van der Waals surface area contributed by atoms with E-state index >= 15 is 0 Å². The Balaban J connectivity index is 1.96. The number of amides is 1. The molecule has 0 fully saturated rings. The molecule has 0 bridgehead atoms. The Morgan fingerprint density at radius 2 is 2.24 bits per heavy atom. The first-order valence-electron chi connectivity index (χ1n) is 6.71. The smallest absolute Gasteiger partial charge is 0.254 e. The van der Waals surface area contributed by atoms with Crippen molar-refractivity contribution in [3.05, 3.63) is 59.0 Å². The number of carbonyl (C=O) groups is 1. The zero-order valence-electron chi connectivity index (χ0n) is 11.8. The van der Waals surface area contributed by atoms with Crippen molar-refractivity contribution in [3.63, 3.8) is 0 Å². The van der Waals surface area contributed by atoms with Crippen LogP contribution < -0.4 is 5.32 Å². The quantitative estimate of drug-likeness (QED) is 0.846. The summed E-state index contributed by atoms with van der Waals surface area (Å²) in [5, 5.41) is 11.5. The summed E-state index contributed by atoms with van der Waals surface area (Å²) in [7, 11) is 0. The molecule has 2 rings (SSSR count). The number of carbonyl (C=O) groups excluding carboxylic acids is 1. The molecule has 1 aromatic carbocycles. The monoisotopic (exact) mass is 283 g/mol. The standard InChI is InChI=1S/C17H17NO3/c1-13-9-16(12-21-13)17(20)18-11-15-7-4-6-14(10-15)5-2-3-8-19/h4,6-7,9-10,12,19H,3,8,11H2,1H3,(H,18,20). The molecule has 1 aromatic heterocycles. The topological polar surface area (TPSA) is 62.5 Å². The van der Waals surface area contributed by atoms with E-state index < -0.39 is 0 Å². The lowest BCUT2D eigenvalue weighted by atomic mass is 10.1. The van der Waals surface area contributed by atoms with Crippen LogP contribution in [0.3, 0.4) is 0 Å². The molecule has 4 heteroatoms. The maximum atomic E-state index is 11.9. The number of hydrogen-bond acceptors (Lipinski definition) is 3. The molecule has 0 radical (unpaired) electrons. The molecule has 0 atom stereocenters. The summed E-state index contributed by atoms with van der Waals surface area (Å²) in [5.74, 6) is 6.39. The Labute approximate surface area is 123 Å². The van der Waals surface area contributed by atoms with Gasteiger partial charge in [0.15, 0.2) is 0 Å². The minimum absolute atomic E-state index is 0.0624. The summed E-state index contributed by atoms with van der Waals surface area (Å²) in [6.07, 6.45) is 1.91. The van der Waals surface area contributed by atoms with Crippen molar-refractivity contribution in [2.75, 3.05) is 6.61 Å². The number of aliphatic hydroxyl groups is 1. The molecule has 108 valence electrons. The number of rotatable bonds is 4. The molecule has 21 heavy (non-hydrogen) atoms. The van der Waals surface area contributed by atoms with Crippen molar-refractivity contribution < 1.29 is 14.3 Å². The van der Waals surface area contributed by atoms with Gasteiger partial charge in [0.25, 0.3) is 5.91 Å². The van der Waals surface area contributed by atoms with Gasteiger partial charge in [-0.3, -0.25) is 4.79 Å². The zero-order chi connectivity index (χ0) is 15.1. The molecular weight excluding hydrogens is 266 g/mol. The normalized spacial score (nSPS) is 9.81. The molecule has 0 saturated carbocycles. The molecule has 0 aliphatic carbocycles. The average molecular weight is 283 g/mol. The van der Waals surface area contributed by atoms with E-state index in [-0.39, 0.29) is 12.5 Å². The van der Waals surface area contributed by atoms with E-state index in [0.717, 1.165) is 11.1 Å². The second-order valence-corrected chi connectivity index (χ2v) is 4.60. The molecule has 2 N–H and O–H groups in total. The van der Waals surface area contributed by atoms with Crippen LogP contribution in [0.25, 0.3) is 0 Å². The lowest BCUT2D eigenvalue weighted by Crippen LogP contribution is -2.22. The Bertz CT molecular complexity index is 677. The van der Waals surface area contributed by atoms with Crippen molar-refractivity contribution in [2.24, 2.45) is 0 Å². The van der Waals surface area contributed by atoms with Crippen LogP contribution in [0.4, 0.5) is 0 Å². The van der Waals surface area contributed by atoms with E-state index in [1.165, 1.54) is 6.26 Å². The molecule has 1 amide bonds. The van der Waals surface area contributed by atoms with E-state index in [1.807, 2.05) is 24.3 Å². The fourth-order valence-corrected chi connectivity index (χ4v) is 1.83. The minimum Gasteiger partial charge on any atom is -0.469 e. The third-order valence-electron chi connectivity index (χ3n) is 2.84. The molecule has 2 aromatic rings. The Morgan fingerprint density at radius 3 is 2.95 bits per heavy atom. The molecular formula is C17H17NO3. The molecule has 0 spiro atoms. The minimum atomic E-state index is -0.163. The van der Waals surface area contributed by atoms with Crippen LogP contribution in [-0.2, 0) is 6.54 Å². The van der Waals surface area contributed by atoms with Gasteiger partial charge >= 0.3 is 0 Å². The van der Waals surface area contributed by atoms with E-state index in [9.17, 15) is 4.79 Å². The Hall–Kier alpha value is -2.51. The molecule has 0 saturated heterocycles. The van der Waals surface area contributed by atoms with Crippen molar-refractivity contribution >= 4 is 5.91 Å². The van der Waals surface area contributed by atoms with Crippen molar-refractivity contribution in [1.82, 2.24) is 5.32 Å². The Morgan fingerprint density at radius 1 is 1.38 bits per heavy atom. The second-order valence-electron chi connectivity index (χ2n) is 4.60. The zero-order valence-corrected chi connectivity index (χ0v) is 11.8. The fourth-order valence-electron chi connectivity index (χ4n) is 1.83. The number of nitrogens with one attached hydrogen (secondary N) is 1. The van der Waals surface area contributed by atoms with Gasteiger partial charge in [-0.05, 0) is 30.7 Å². The number of furan rings is 1. The van der Waals surface area contributed by atoms with E-state index in [4.69, 9.17) is 9.52 Å². The van der Waals surface area contributed by atoms with Crippen LogP contribution in [0, 0.1) is 18.8 Å². The highest BCUT2D eigenvalue weighted by atomic mass is 16.3. The summed E-state index contributed by atoms with van der Waals surface area (Å²) in [6, 6.07) is 9.34. The van der Waals surface area contributed by atoms with Crippen LogP contribution in [0.2, 0.25) is 0 Å². The molecule has 0 aliphatic rings. The third kappa shape index (κ3) is 4.51. The third-order valence-corrected chi connectivity index (χ3v) is 2.84. The van der Waals surface area contributed by atoms with Gasteiger partial charge in [-0.2, -0.15) is 0 Å². The first kappa shape index (κ1) is 14.9. The van der Waals surface area contributed by atoms with Crippen LogP contribution in [0.15, 0.2) is 41.0 Å². The highest BCUT2D eigenvalue weighted by molar-refractivity contribution is 5.93. The van der Waals surface area contributed by atoms with Crippen LogP contribution >= 0.6 is 0 Å². The van der Waals surface area contributed by atoms with E-state index in [0.29, 0.717) is 24.3 Å². The maximum Gasteiger partial charge on any atom is 0.254 e. The summed E-state index contributed by atoms with van der Waals surface area (Å²) < 4.78 is 5.11. The van der Waals surface area contributed by atoms with Crippen molar-refractivity contribution in [3.8, 4) is 11.8 Å². The summed E-state index contributed by atoms with van der Waals surface area (Å²) in [5.41, 5.74) is 2.36. The van der Waals surface area contributed by atoms with Gasteiger partial charge in [-0.1, -0.05) is 24.0 Å². The van der Waals surface area contributed by atoms with Gasteiger partial charge in [0, 0.05) is 18.5 Å². The van der Waals surface area contributed by atoms with Gasteiger partial charge in [-0.25, -0.2) is 0 Å². The van der Waals surface area contributed by atoms with Crippen LogP contribution in [0.5, 0.6) is 0 Å². The van der Waals surface area contributed by atoms with Crippen LogP contribution in [-0.4, -0.2) is 17.6 Å². The van der Waals surface area contributed by atoms with Gasteiger partial charge in [0.05, 0.1) is 12.2 Å². The Kier molecular flexibility index (Phi) is 5.19. The first-order chi connectivity index (χ1) is 10.2. The molecule has 1 heterocycles. The predicted octanol–water partition coefficient (Wildman–Crippen LogP) is 2.25. The SMILES string of the molecule is Cc1cc(C(=O)NCc2cccc(C#CCCO)c2)co1. The van der Waals surface area contributed by atoms with Gasteiger partial charge < -0.3 is 14.8 Å². The van der Waals surface area contributed by atoms with Crippen molar-refractivity contribution in [1.29, 1.82) is 0 Å². The van der Waals surface area contributed by atoms with E-state index in [2.05, 4.69) is 17.2 Å².